The smallest absolute Gasteiger partial charge is 0.227 e. The molecule has 1 aliphatic rings. The molecule has 2 rings (SSSR count). The fraction of sp³-hybridized carbons (Fsp3) is 0.462. The van der Waals surface area contributed by atoms with Crippen LogP contribution in [0.4, 0.5) is 5.69 Å². The first-order valence-electron chi connectivity index (χ1n) is 5.95. The van der Waals surface area contributed by atoms with Gasteiger partial charge in [-0.1, -0.05) is 11.6 Å². The van der Waals surface area contributed by atoms with Gasteiger partial charge in [-0.25, -0.2) is 0 Å². The van der Waals surface area contributed by atoms with Gasteiger partial charge in [0.2, 0.25) is 5.91 Å². The third-order valence-electron chi connectivity index (χ3n) is 3.11. The summed E-state index contributed by atoms with van der Waals surface area (Å²) in [5.74, 6) is 0.225. The van der Waals surface area contributed by atoms with Gasteiger partial charge in [0.25, 0.3) is 0 Å². The average molecular weight is 253 g/mol. The molecule has 0 aromatic heterocycles. The number of carbonyl (C=O) groups excluding carboxylic acids is 1. The van der Waals surface area contributed by atoms with Gasteiger partial charge in [0, 0.05) is 22.7 Å². The highest BCUT2D eigenvalue weighted by atomic mass is 35.5. The number of amides is 1. The summed E-state index contributed by atoms with van der Waals surface area (Å²) >= 11 is 5.80. The topological polar surface area (TPSA) is 41.1 Å². The van der Waals surface area contributed by atoms with Crippen LogP contribution in [0.2, 0.25) is 5.02 Å². The third-order valence-corrected chi connectivity index (χ3v) is 3.36. The summed E-state index contributed by atoms with van der Waals surface area (Å²) in [6.45, 7) is 3.03. The lowest BCUT2D eigenvalue weighted by Gasteiger charge is -2.27. The molecule has 1 amide bonds. The zero-order chi connectivity index (χ0) is 12.3. The summed E-state index contributed by atoms with van der Waals surface area (Å²) < 4.78 is 0. The van der Waals surface area contributed by atoms with Crippen molar-refractivity contribution in [1.29, 1.82) is 0 Å². The van der Waals surface area contributed by atoms with Gasteiger partial charge in [-0.3, -0.25) is 4.79 Å². The predicted molar refractivity (Wildman–Crippen MR) is 70.3 cm³/mol. The lowest BCUT2D eigenvalue weighted by Crippen LogP contribution is -2.40. The number of hydrogen-bond donors (Lipinski definition) is 2. The zero-order valence-electron chi connectivity index (χ0n) is 9.87. The Labute approximate surface area is 107 Å². The molecule has 17 heavy (non-hydrogen) atoms. The number of anilines is 1. The summed E-state index contributed by atoms with van der Waals surface area (Å²) in [7, 11) is 0. The van der Waals surface area contributed by atoms with Gasteiger partial charge in [0.15, 0.2) is 0 Å². The SMILES string of the molecule is CC1CC(C(=O)Nc2ccc(Cl)cc2)CCN1. The van der Waals surface area contributed by atoms with E-state index in [1.807, 2.05) is 12.1 Å². The number of hydrogen-bond acceptors (Lipinski definition) is 2. The molecule has 92 valence electrons. The van der Waals surface area contributed by atoms with E-state index in [1.54, 1.807) is 12.1 Å². The van der Waals surface area contributed by atoms with E-state index in [9.17, 15) is 4.79 Å². The Kier molecular flexibility index (Phi) is 4.02. The van der Waals surface area contributed by atoms with Crippen LogP contribution in [-0.4, -0.2) is 18.5 Å². The van der Waals surface area contributed by atoms with E-state index >= 15 is 0 Å². The summed E-state index contributed by atoms with van der Waals surface area (Å²) in [5, 5.41) is 6.95. The lowest BCUT2D eigenvalue weighted by atomic mass is 9.92. The molecule has 3 nitrogen and oxygen atoms in total. The summed E-state index contributed by atoms with van der Waals surface area (Å²) in [4.78, 5) is 12.0. The second-order valence-corrected chi connectivity index (χ2v) is 5.01. The van der Waals surface area contributed by atoms with Crippen LogP contribution in [0.1, 0.15) is 19.8 Å². The molecule has 0 spiro atoms. The normalized spacial score (nSPS) is 24.4. The largest absolute Gasteiger partial charge is 0.326 e. The lowest BCUT2D eigenvalue weighted by molar-refractivity contribution is -0.120. The van der Waals surface area contributed by atoms with Crippen LogP contribution in [0, 0.1) is 5.92 Å². The number of carbonyl (C=O) groups is 1. The van der Waals surface area contributed by atoms with E-state index in [0.29, 0.717) is 11.1 Å². The molecular formula is C13H17ClN2O. The van der Waals surface area contributed by atoms with E-state index in [1.165, 1.54) is 0 Å². The van der Waals surface area contributed by atoms with Crippen molar-refractivity contribution in [3.05, 3.63) is 29.3 Å². The Morgan fingerprint density at radius 3 is 2.76 bits per heavy atom. The molecule has 1 aromatic rings. The van der Waals surface area contributed by atoms with Crippen LogP contribution in [0.3, 0.4) is 0 Å². The van der Waals surface area contributed by atoms with Crippen molar-refractivity contribution >= 4 is 23.2 Å². The Morgan fingerprint density at radius 1 is 1.41 bits per heavy atom. The molecule has 0 radical (unpaired) electrons. The van der Waals surface area contributed by atoms with Crippen molar-refractivity contribution in [3.8, 4) is 0 Å². The van der Waals surface area contributed by atoms with Crippen LogP contribution in [-0.2, 0) is 4.79 Å². The minimum absolute atomic E-state index is 0.112. The highest BCUT2D eigenvalue weighted by molar-refractivity contribution is 6.30. The van der Waals surface area contributed by atoms with Crippen LogP contribution in [0.15, 0.2) is 24.3 Å². The molecule has 2 N–H and O–H groups in total. The molecule has 1 heterocycles. The molecule has 0 aliphatic carbocycles. The van der Waals surface area contributed by atoms with E-state index < -0.39 is 0 Å². The molecule has 1 aliphatic heterocycles. The fourth-order valence-corrected chi connectivity index (χ4v) is 2.27. The van der Waals surface area contributed by atoms with Crippen molar-refractivity contribution < 1.29 is 4.79 Å². The molecule has 2 unspecified atom stereocenters. The van der Waals surface area contributed by atoms with Gasteiger partial charge < -0.3 is 10.6 Å². The van der Waals surface area contributed by atoms with Crippen molar-refractivity contribution in [3.63, 3.8) is 0 Å². The number of rotatable bonds is 2. The number of halogens is 1. The maximum Gasteiger partial charge on any atom is 0.227 e. The van der Waals surface area contributed by atoms with Gasteiger partial charge in [0.05, 0.1) is 0 Å². The predicted octanol–water partition coefficient (Wildman–Crippen LogP) is 2.67. The van der Waals surface area contributed by atoms with Crippen molar-refractivity contribution in [2.75, 3.05) is 11.9 Å². The van der Waals surface area contributed by atoms with E-state index in [2.05, 4.69) is 17.6 Å². The van der Waals surface area contributed by atoms with Gasteiger partial charge in [-0.2, -0.15) is 0 Å². The average Bonchev–Trinajstić information content (AvgIpc) is 2.32. The third kappa shape index (κ3) is 3.45. The van der Waals surface area contributed by atoms with Gasteiger partial charge in [0.1, 0.15) is 0 Å². The van der Waals surface area contributed by atoms with Gasteiger partial charge in [-0.15, -0.1) is 0 Å². The monoisotopic (exact) mass is 252 g/mol. The maximum atomic E-state index is 12.0. The zero-order valence-corrected chi connectivity index (χ0v) is 10.6. The van der Waals surface area contributed by atoms with E-state index in [4.69, 9.17) is 11.6 Å². The molecule has 0 bridgehead atoms. The Bertz CT molecular complexity index is 391. The number of nitrogens with one attached hydrogen (secondary N) is 2. The second-order valence-electron chi connectivity index (χ2n) is 4.57. The molecule has 1 saturated heterocycles. The standard InChI is InChI=1S/C13H17ClN2O/c1-9-8-10(6-7-15-9)13(17)16-12-4-2-11(14)3-5-12/h2-5,9-10,15H,6-8H2,1H3,(H,16,17). The van der Waals surface area contributed by atoms with Crippen LogP contribution >= 0.6 is 11.6 Å². The summed E-state index contributed by atoms with van der Waals surface area (Å²) in [6.07, 6.45) is 1.81. The molecule has 4 heteroatoms. The first kappa shape index (κ1) is 12.4. The molecule has 0 saturated carbocycles. The van der Waals surface area contributed by atoms with Crippen LogP contribution in [0.5, 0.6) is 0 Å². The van der Waals surface area contributed by atoms with E-state index in [0.717, 1.165) is 25.1 Å². The van der Waals surface area contributed by atoms with Crippen molar-refractivity contribution in [2.45, 2.75) is 25.8 Å². The summed E-state index contributed by atoms with van der Waals surface area (Å²) in [5.41, 5.74) is 0.811. The van der Waals surface area contributed by atoms with Crippen molar-refractivity contribution in [1.82, 2.24) is 5.32 Å². The fourth-order valence-electron chi connectivity index (χ4n) is 2.15. The molecular weight excluding hydrogens is 236 g/mol. The Hall–Kier alpha value is -1.06. The highest BCUT2D eigenvalue weighted by Crippen LogP contribution is 2.19. The quantitative estimate of drug-likeness (QED) is 0.850. The number of benzene rings is 1. The highest BCUT2D eigenvalue weighted by Gasteiger charge is 2.24. The van der Waals surface area contributed by atoms with Gasteiger partial charge >= 0.3 is 0 Å². The minimum Gasteiger partial charge on any atom is -0.326 e. The Balaban J connectivity index is 1.94. The first-order chi connectivity index (χ1) is 8.15. The molecule has 2 atom stereocenters. The summed E-state index contributed by atoms with van der Waals surface area (Å²) in [6, 6.07) is 7.63. The molecule has 1 aromatic carbocycles. The van der Waals surface area contributed by atoms with E-state index in [-0.39, 0.29) is 11.8 Å². The second kappa shape index (κ2) is 5.52. The van der Waals surface area contributed by atoms with Crippen molar-refractivity contribution in [2.24, 2.45) is 5.92 Å². The maximum absolute atomic E-state index is 12.0. The van der Waals surface area contributed by atoms with Crippen LogP contribution in [0.25, 0.3) is 0 Å². The van der Waals surface area contributed by atoms with Gasteiger partial charge in [-0.05, 0) is 50.6 Å². The molecule has 1 fully saturated rings. The Morgan fingerprint density at radius 2 is 2.12 bits per heavy atom. The minimum atomic E-state index is 0.112. The number of piperidine rings is 1. The van der Waals surface area contributed by atoms with Crippen LogP contribution < -0.4 is 10.6 Å². The first-order valence-corrected chi connectivity index (χ1v) is 6.33.